The number of rotatable bonds is 1. The van der Waals surface area contributed by atoms with Gasteiger partial charge in [0.25, 0.3) is 0 Å². The molecule has 1 aromatic rings. The van der Waals surface area contributed by atoms with Crippen molar-refractivity contribution >= 4 is 20.4 Å². The van der Waals surface area contributed by atoms with Crippen LogP contribution in [0.25, 0.3) is 4.48 Å². The smallest absolute Gasteiger partial charge is 0.0213 e. The van der Waals surface area contributed by atoms with Crippen molar-refractivity contribution in [2.75, 3.05) is 0 Å². The van der Waals surface area contributed by atoms with Gasteiger partial charge in [-0.05, 0) is 11.0 Å². The molecule has 1 heteroatoms. The fraction of sp³-hybridized carbons (Fsp3) is 0.333. The largest absolute Gasteiger partial charge is 0.0643 e. The van der Waals surface area contributed by atoms with E-state index >= 15 is 0 Å². The third-order valence-corrected chi connectivity index (χ3v) is 2.30. The molecular weight excluding hydrogens is 224 g/mol. The molecule has 0 aliphatic rings. The summed E-state index contributed by atoms with van der Waals surface area (Å²) >= 11 is 3.58. The molecule has 1 rings (SSSR count). The Bertz CT molecular complexity index is 291. The van der Waals surface area contributed by atoms with Gasteiger partial charge in [0.1, 0.15) is 0 Å². The van der Waals surface area contributed by atoms with Crippen LogP contribution in [0.3, 0.4) is 0 Å². The van der Waals surface area contributed by atoms with E-state index in [-0.39, 0.29) is 5.41 Å². The molecule has 0 aliphatic carbocycles. The average Bonchev–Trinajstić information content (AvgIpc) is 2.03. The highest BCUT2D eigenvalue weighted by molar-refractivity contribution is 9.15. The molecule has 0 nitrogen and oxygen atoms in total. The SMILES string of the molecule is CC(C)(C)/C=C(/Br)c1ccccc1. The normalized spacial score (nSPS) is 13.1. The second-order valence-corrected chi connectivity index (χ2v) is 5.08. The monoisotopic (exact) mass is 238 g/mol. The molecule has 0 radical (unpaired) electrons. The van der Waals surface area contributed by atoms with Crippen LogP contribution < -0.4 is 0 Å². The van der Waals surface area contributed by atoms with E-state index in [9.17, 15) is 0 Å². The molecular formula is C12H15Br. The first-order valence-corrected chi connectivity index (χ1v) is 5.22. The van der Waals surface area contributed by atoms with Crippen molar-refractivity contribution < 1.29 is 0 Å². The highest BCUT2D eigenvalue weighted by Crippen LogP contribution is 2.27. The Labute approximate surface area is 88.8 Å². The summed E-state index contributed by atoms with van der Waals surface area (Å²) in [6, 6.07) is 10.3. The maximum atomic E-state index is 3.58. The van der Waals surface area contributed by atoms with Gasteiger partial charge in [-0.15, -0.1) is 0 Å². The average molecular weight is 239 g/mol. The molecule has 13 heavy (non-hydrogen) atoms. The molecule has 1 aromatic carbocycles. The summed E-state index contributed by atoms with van der Waals surface area (Å²) in [5, 5.41) is 0. The van der Waals surface area contributed by atoms with Crippen LogP contribution in [0.15, 0.2) is 36.4 Å². The van der Waals surface area contributed by atoms with Crippen molar-refractivity contribution in [3.8, 4) is 0 Å². The molecule has 0 amide bonds. The van der Waals surface area contributed by atoms with Gasteiger partial charge >= 0.3 is 0 Å². The molecule has 0 spiro atoms. The van der Waals surface area contributed by atoms with Gasteiger partial charge in [0.15, 0.2) is 0 Å². The molecule has 0 atom stereocenters. The highest BCUT2D eigenvalue weighted by atomic mass is 79.9. The zero-order chi connectivity index (χ0) is 9.90. The molecule has 0 bridgehead atoms. The maximum Gasteiger partial charge on any atom is 0.0213 e. The van der Waals surface area contributed by atoms with Crippen molar-refractivity contribution in [1.29, 1.82) is 0 Å². The van der Waals surface area contributed by atoms with E-state index < -0.39 is 0 Å². The van der Waals surface area contributed by atoms with E-state index in [1.165, 1.54) is 10.0 Å². The van der Waals surface area contributed by atoms with Gasteiger partial charge < -0.3 is 0 Å². The lowest BCUT2D eigenvalue weighted by Crippen LogP contribution is -1.99. The van der Waals surface area contributed by atoms with Gasteiger partial charge in [0, 0.05) is 4.48 Å². The van der Waals surface area contributed by atoms with Gasteiger partial charge in [0.2, 0.25) is 0 Å². The third-order valence-electron chi connectivity index (χ3n) is 1.61. The minimum absolute atomic E-state index is 0.217. The Kier molecular flexibility index (Phi) is 3.32. The molecule has 0 aliphatic heterocycles. The lowest BCUT2D eigenvalue weighted by Gasteiger charge is -2.13. The van der Waals surface area contributed by atoms with Gasteiger partial charge in [-0.2, -0.15) is 0 Å². The number of halogens is 1. The number of hydrogen-bond acceptors (Lipinski definition) is 0. The first-order valence-electron chi connectivity index (χ1n) is 4.43. The molecule has 70 valence electrons. The Hall–Kier alpha value is -0.560. The van der Waals surface area contributed by atoms with E-state index in [0.29, 0.717) is 0 Å². The van der Waals surface area contributed by atoms with Crippen molar-refractivity contribution in [1.82, 2.24) is 0 Å². The summed E-state index contributed by atoms with van der Waals surface area (Å²) in [5.41, 5.74) is 1.45. The summed E-state index contributed by atoms with van der Waals surface area (Å²) in [6.07, 6.45) is 2.22. The van der Waals surface area contributed by atoms with Crippen LogP contribution in [0.1, 0.15) is 26.3 Å². The van der Waals surface area contributed by atoms with Gasteiger partial charge in [-0.1, -0.05) is 73.1 Å². The van der Waals surface area contributed by atoms with Crippen LogP contribution in [-0.2, 0) is 0 Å². The van der Waals surface area contributed by atoms with Gasteiger partial charge in [0.05, 0.1) is 0 Å². The minimum atomic E-state index is 0.217. The van der Waals surface area contributed by atoms with E-state index in [1.54, 1.807) is 0 Å². The quantitative estimate of drug-likeness (QED) is 0.678. The van der Waals surface area contributed by atoms with Crippen LogP contribution in [-0.4, -0.2) is 0 Å². The Balaban J connectivity index is 2.92. The summed E-state index contributed by atoms with van der Waals surface area (Å²) in [6.45, 7) is 6.57. The predicted octanol–water partition coefficient (Wildman–Crippen LogP) is 4.47. The van der Waals surface area contributed by atoms with Crippen LogP contribution in [0.4, 0.5) is 0 Å². The van der Waals surface area contributed by atoms with Gasteiger partial charge in [-0.25, -0.2) is 0 Å². The van der Waals surface area contributed by atoms with E-state index in [0.717, 1.165) is 0 Å². The van der Waals surface area contributed by atoms with Crippen molar-refractivity contribution in [3.63, 3.8) is 0 Å². The zero-order valence-corrected chi connectivity index (χ0v) is 9.93. The second-order valence-electron chi connectivity index (χ2n) is 4.22. The van der Waals surface area contributed by atoms with E-state index in [2.05, 4.69) is 54.9 Å². The number of hydrogen-bond donors (Lipinski definition) is 0. The fourth-order valence-electron chi connectivity index (χ4n) is 1.06. The molecule has 0 N–H and O–H groups in total. The summed E-state index contributed by atoms with van der Waals surface area (Å²) in [7, 11) is 0. The van der Waals surface area contributed by atoms with Crippen LogP contribution >= 0.6 is 15.9 Å². The van der Waals surface area contributed by atoms with Gasteiger partial charge in [-0.3, -0.25) is 0 Å². The molecule has 0 saturated heterocycles. The van der Waals surface area contributed by atoms with Crippen molar-refractivity contribution in [2.24, 2.45) is 5.41 Å². The topological polar surface area (TPSA) is 0 Å². The van der Waals surface area contributed by atoms with Crippen LogP contribution in [0.5, 0.6) is 0 Å². The van der Waals surface area contributed by atoms with Crippen LogP contribution in [0, 0.1) is 5.41 Å². The van der Waals surface area contributed by atoms with E-state index in [1.807, 2.05) is 18.2 Å². The van der Waals surface area contributed by atoms with Crippen molar-refractivity contribution in [3.05, 3.63) is 42.0 Å². The fourth-order valence-corrected chi connectivity index (χ4v) is 2.01. The standard InChI is InChI=1S/C12H15Br/c1-12(2,3)9-11(13)10-7-5-4-6-8-10/h4-9H,1-3H3/b11-9+. The second kappa shape index (κ2) is 4.10. The molecule has 0 unspecified atom stereocenters. The third kappa shape index (κ3) is 3.77. The lowest BCUT2D eigenvalue weighted by atomic mass is 9.95. The maximum absolute atomic E-state index is 3.58. The van der Waals surface area contributed by atoms with E-state index in [4.69, 9.17) is 0 Å². The van der Waals surface area contributed by atoms with Crippen molar-refractivity contribution in [2.45, 2.75) is 20.8 Å². The first kappa shape index (κ1) is 10.5. The van der Waals surface area contributed by atoms with Crippen LogP contribution in [0.2, 0.25) is 0 Å². The summed E-state index contributed by atoms with van der Waals surface area (Å²) < 4.78 is 1.17. The highest BCUT2D eigenvalue weighted by Gasteiger charge is 2.07. The zero-order valence-electron chi connectivity index (χ0n) is 8.34. The Morgan fingerprint density at radius 3 is 2.15 bits per heavy atom. The number of allylic oxidation sites excluding steroid dienone is 1. The summed E-state index contributed by atoms with van der Waals surface area (Å²) in [5.74, 6) is 0. The molecule has 0 heterocycles. The molecule has 0 saturated carbocycles. The Morgan fingerprint density at radius 2 is 1.69 bits per heavy atom. The first-order chi connectivity index (χ1) is 5.99. The molecule has 0 fully saturated rings. The number of benzene rings is 1. The summed E-state index contributed by atoms with van der Waals surface area (Å²) in [4.78, 5) is 0. The lowest BCUT2D eigenvalue weighted by molar-refractivity contribution is 0.547. The predicted molar refractivity (Wildman–Crippen MR) is 62.8 cm³/mol. The Morgan fingerprint density at radius 1 is 1.15 bits per heavy atom. The minimum Gasteiger partial charge on any atom is -0.0643 e. The molecule has 0 aromatic heterocycles.